The lowest BCUT2D eigenvalue weighted by Crippen LogP contribution is -2.10. The van der Waals surface area contributed by atoms with Crippen LogP contribution in [0.4, 0.5) is 0 Å². The first kappa shape index (κ1) is 6.48. The van der Waals surface area contributed by atoms with Crippen LogP contribution in [0.3, 0.4) is 0 Å². The third-order valence-corrected chi connectivity index (χ3v) is 2.24. The summed E-state index contributed by atoms with van der Waals surface area (Å²) in [6.07, 6.45) is 6.43. The van der Waals surface area contributed by atoms with Crippen molar-refractivity contribution >= 4 is 0 Å². The summed E-state index contributed by atoms with van der Waals surface area (Å²) in [5.74, 6) is 0.208. The second-order valence-electron chi connectivity index (χ2n) is 2.99. The van der Waals surface area contributed by atoms with Crippen LogP contribution in [0.1, 0.15) is 17.5 Å². The molecule has 11 heavy (non-hydrogen) atoms. The van der Waals surface area contributed by atoms with Gasteiger partial charge >= 0.3 is 0 Å². The molecule has 1 heterocycles. The van der Waals surface area contributed by atoms with Gasteiger partial charge in [-0.1, -0.05) is 0 Å². The Bertz CT molecular complexity index is 295. The number of furan rings is 1. The van der Waals surface area contributed by atoms with E-state index in [1.165, 1.54) is 11.1 Å². The van der Waals surface area contributed by atoms with E-state index in [0.717, 1.165) is 19.3 Å². The van der Waals surface area contributed by atoms with Crippen LogP contribution in [0.2, 0.25) is 0 Å². The van der Waals surface area contributed by atoms with Gasteiger partial charge < -0.3 is 4.42 Å². The number of nitrogens with zero attached hydrogens (tertiary/aromatic N) is 1. The first-order valence-corrected chi connectivity index (χ1v) is 3.83. The maximum absolute atomic E-state index is 8.67. The van der Waals surface area contributed by atoms with Crippen molar-refractivity contribution in [1.82, 2.24) is 0 Å². The van der Waals surface area contributed by atoms with Crippen molar-refractivity contribution in [1.29, 1.82) is 5.26 Å². The predicted molar refractivity (Wildman–Crippen MR) is 39.8 cm³/mol. The molecule has 0 saturated heterocycles. The van der Waals surface area contributed by atoms with Gasteiger partial charge in [-0.15, -0.1) is 0 Å². The molecule has 1 aromatic heterocycles. The van der Waals surface area contributed by atoms with E-state index in [2.05, 4.69) is 6.07 Å². The third kappa shape index (κ3) is 1.03. The summed E-state index contributed by atoms with van der Waals surface area (Å²) in [4.78, 5) is 0. The zero-order valence-electron chi connectivity index (χ0n) is 6.21. The molecule has 0 spiro atoms. The Morgan fingerprint density at radius 2 is 2.27 bits per heavy atom. The van der Waals surface area contributed by atoms with Gasteiger partial charge in [-0.05, 0) is 30.4 Å². The molecule has 0 radical (unpaired) electrons. The highest BCUT2D eigenvalue weighted by atomic mass is 16.3. The smallest absolute Gasteiger partial charge is 0.0937 e. The van der Waals surface area contributed by atoms with Crippen molar-refractivity contribution < 1.29 is 4.42 Å². The molecule has 0 aliphatic heterocycles. The summed E-state index contributed by atoms with van der Waals surface area (Å²) in [7, 11) is 0. The standard InChI is InChI=1S/C9H9NO/c10-4-7-1-2-8-5-11-6-9(8)3-7/h5-7H,1-3H2. The molecule has 1 aliphatic carbocycles. The molecule has 1 aromatic rings. The second-order valence-corrected chi connectivity index (χ2v) is 2.99. The van der Waals surface area contributed by atoms with Crippen molar-refractivity contribution in [3.63, 3.8) is 0 Å². The average Bonchev–Trinajstić information content (AvgIpc) is 2.50. The zero-order valence-corrected chi connectivity index (χ0v) is 6.21. The Morgan fingerprint density at radius 3 is 3.09 bits per heavy atom. The van der Waals surface area contributed by atoms with Gasteiger partial charge in [0.2, 0.25) is 0 Å². The van der Waals surface area contributed by atoms with Crippen molar-refractivity contribution in [3.05, 3.63) is 23.7 Å². The van der Waals surface area contributed by atoms with Crippen LogP contribution < -0.4 is 0 Å². The highest BCUT2D eigenvalue weighted by Crippen LogP contribution is 2.25. The number of fused-ring (bicyclic) bond motifs is 1. The summed E-state index contributed by atoms with van der Waals surface area (Å²) in [6.45, 7) is 0. The van der Waals surface area contributed by atoms with Crippen LogP contribution in [0.25, 0.3) is 0 Å². The largest absolute Gasteiger partial charge is 0.472 e. The quantitative estimate of drug-likeness (QED) is 0.562. The first-order chi connectivity index (χ1) is 5.40. The summed E-state index contributed by atoms with van der Waals surface area (Å²) >= 11 is 0. The molecule has 0 amide bonds. The lowest BCUT2D eigenvalue weighted by Gasteiger charge is -2.13. The maximum atomic E-state index is 8.67. The number of rotatable bonds is 0. The summed E-state index contributed by atoms with van der Waals surface area (Å²) in [5.41, 5.74) is 2.51. The van der Waals surface area contributed by atoms with Gasteiger partial charge in [0.05, 0.1) is 24.5 Å². The van der Waals surface area contributed by atoms with Crippen molar-refractivity contribution in [3.8, 4) is 6.07 Å². The van der Waals surface area contributed by atoms with Gasteiger partial charge in [-0.2, -0.15) is 5.26 Å². The molecular formula is C9H9NO. The van der Waals surface area contributed by atoms with E-state index in [4.69, 9.17) is 9.68 Å². The minimum atomic E-state index is 0.208. The lowest BCUT2D eigenvalue weighted by molar-refractivity contribution is 0.560. The van der Waals surface area contributed by atoms with Crippen LogP contribution in [0, 0.1) is 17.2 Å². The van der Waals surface area contributed by atoms with Crippen molar-refractivity contribution in [2.45, 2.75) is 19.3 Å². The van der Waals surface area contributed by atoms with Gasteiger partial charge in [0.25, 0.3) is 0 Å². The Labute approximate surface area is 65.4 Å². The fraction of sp³-hybridized carbons (Fsp3) is 0.444. The monoisotopic (exact) mass is 147 g/mol. The van der Waals surface area contributed by atoms with E-state index < -0.39 is 0 Å². The van der Waals surface area contributed by atoms with Crippen molar-refractivity contribution in [2.75, 3.05) is 0 Å². The molecule has 1 atom stereocenters. The molecule has 1 unspecified atom stereocenters. The first-order valence-electron chi connectivity index (χ1n) is 3.83. The zero-order chi connectivity index (χ0) is 7.68. The highest BCUT2D eigenvalue weighted by Gasteiger charge is 2.18. The minimum absolute atomic E-state index is 0.208. The SMILES string of the molecule is N#CC1CCc2cocc2C1. The van der Waals surface area contributed by atoms with E-state index >= 15 is 0 Å². The average molecular weight is 147 g/mol. The van der Waals surface area contributed by atoms with Gasteiger partial charge in [-0.25, -0.2) is 0 Å². The van der Waals surface area contributed by atoms with Crippen molar-refractivity contribution in [2.24, 2.45) is 5.92 Å². The number of hydrogen-bond donors (Lipinski definition) is 0. The normalized spacial score (nSPS) is 22.3. The van der Waals surface area contributed by atoms with E-state index in [9.17, 15) is 0 Å². The number of hydrogen-bond acceptors (Lipinski definition) is 2. The summed E-state index contributed by atoms with van der Waals surface area (Å²) in [6, 6.07) is 2.29. The van der Waals surface area contributed by atoms with Crippen LogP contribution in [-0.4, -0.2) is 0 Å². The Balaban J connectivity index is 2.26. The Morgan fingerprint density at radius 1 is 1.45 bits per heavy atom. The van der Waals surface area contributed by atoms with Gasteiger partial charge in [0.1, 0.15) is 0 Å². The Kier molecular flexibility index (Phi) is 1.43. The van der Waals surface area contributed by atoms with Gasteiger partial charge in [0, 0.05) is 0 Å². The molecule has 2 heteroatoms. The molecule has 0 fully saturated rings. The summed E-state index contributed by atoms with van der Waals surface area (Å²) < 4.78 is 5.05. The van der Waals surface area contributed by atoms with Gasteiger partial charge in [-0.3, -0.25) is 0 Å². The summed E-state index contributed by atoms with van der Waals surface area (Å²) in [5, 5.41) is 8.67. The topological polar surface area (TPSA) is 36.9 Å². The van der Waals surface area contributed by atoms with E-state index in [1.807, 2.05) is 0 Å². The highest BCUT2D eigenvalue weighted by molar-refractivity contribution is 5.25. The predicted octanol–water partition coefficient (Wildman–Crippen LogP) is 1.91. The molecule has 2 nitrogen and oxygen atoms in total. The third-order valence-electron chi connectivity index (χ3n) is 2.24. The van der Waals surface area contributed by atoms with Crippen LogP contribution >= 0.6 is 0 Å². The number of nitriles is 1. The van der Waals surface area contributed by atoms with E-state index in [1.54, 1.807) is 12.5 Å². The lowest BCUT2D eigenvalue weighted by atomic mass is 9.87. The molecular weight excluding hydrogens is 138 g/mol. The van der Waals surface area contributed by atoms with Crippen LogP contribution in [0.15, 0.2) is 16.9 Å². The van der Waals surface area contributed by atoms with Gasteiger partial charge in [0.15, 0.2) is 0 Å². The molecule has 0 aromatic carbocycles. The molecule has 0 bridgehead atoms. The molecule has 2 rings (SSSR count). The molecule has 0 saturated carbocycles. The van der Waals surface area contributed by atoms with E-state index in [-0.39, 0.29) is 5.92 Å². The Hall–Kier alpha value is -1.23. The number of aryl methyl sites for hydroxylation is 1. The molecule has 1 aliphatic rings. The minimum Gasteiger partial charge on any atom is -0.472 e. The molecule has 0 N–H and O–H groups in total. The van der Waals surface area contributed by atoms with Crippen LogP contribution in [-0.2, 0) is 12.8 Å². The maximum Gasteiger partial charge on any atom is 0.0937 e. The van der Waals surface area contributed by atoms with Crippen LogP contribution in [0.5, 0.6) is 0 Å². The van der Waals surface area contributed by atoms with E-state index in [0.29, 0.717) is 0 Å². The second kappa shape index (κ2) is 2.43. The fourth-order valence-electron chi connectivity index (χ4n) is 1.56. The fourth-order valence-corrected chi connectivity index (χ4v) is 1.56. The molecule has 56 valence electrons.